The zero-order valence-electron chi connectivity index (χ0n) is 10.1. The van der Waals surface area contributed by atoms with Crippen molar-refractivity contribution in [2.75, 3.05) is 6.54 Å². The molecule has 0 fully saturated rings. The molecule has 2 aromatic rings. The van der Waals surface area contributed by atoms with Crippen molar-refractivity contribution in [1.82, 2.24) is 9.97 Å². The summed E-state index contributed by atoms with van der Waals surface area (Å²) in [7, 11) is 0. The van der Waals surface area contributed by atoms with Gasteiger partial charge in [0.25, 0.3) is 5.56 Å². The number of benzene rings is 1. The van der Waals surface area contributed by atoms with Crippen molar-refractivity contribution in [1.29, 1.82) is 0 Å². The normalized spacial score (nSPS) is 10.7. The molecule has 0 bridgehead atoms. The van der Waals surface area contributed by atoms with E-state index in [4.69, 9.17) is 28.9 Å². The second-order valence-corrected chi connectivity index (χ2v) is 4.95. The molecule has 0 spiro atoms. The van der Waals surface area contributed by atoms with E-state index in [1.54, 1.807) is 18.2 Å². The first-order chi connectivity index (χ1) is 9.10. The Bertz CT molecular complexity index is 640. The van der Waals surface area contributed by atoms with Crippen LogP contribution in [0.5, 0.6) is 0 Å². The van der Waals surface area contributed by atoms with Gasteiger partial charge in [0.1, 0.15) is 5.82 Å². The van der Waals surface area contributed by atoms with Gasteiger partial charge in [-0.15, -0.1) is 0 Å². The highest BCUT2D eigenvalue weighted by Gasteiger charge is 2.08. The molecule has 19 heavy (non-hydrogen) atoms. The summed E-state index contributed by atoms with van der Waals surface area (Å²) >= 11 is 12.0. The van der Waals surface area contributed by atoms with Gasteiger partial charge in [0.15, 0.2) is 0 Å². The van der Waals surface area contributed by atoms with Gasteiger partial charge in [0.05, 0.1) is 5.02 Å². The third-order valence-electron chi connectivity index (χ3n) is 2.62. The Balaban J connectivity index is 2.44. The van der Waals surface area contributed by atoms with E-state index in [1.807, 2.05) is 0 Å². The Hall–Kier alpha value is -1.36. The Morgan fingerprint density at radius 1 is 1.26 bits per heavy atom. The molecule has 0 aliphatic heterocycles. The van der Waals surface area contributed by atoms with Crippen molar-refractivity contribution in [3.63, 3.8) is 0 Å². The Kier molecular flexibility index (Phi) is 4.58. The van der Waals surface area contributed by atoms with E-state index in [-0.39, 0.29) is 5.56 Å². The molecule has 0 unspecified atom stereocenters. The summed E-state index contributed by atoms with van der Waals surface area (Å²) < 4.78 is 0. The average Bonchev–Trinajstić information content (AvgIpc) is 2.35. The number of H-pyrrole nitrogens is 1. The summed E-state index contributed by atoms with van der Waals surface area (Å²) in [5.74, 6) is 0.446. The third kappa shape index (κ3) is 3.56. The quantitative estimate of drug-likeness (QED) is 0.911. The van der Waals surface area contributed by atoms with Crippen LogP contribution in [-0.2, 0) is 6.42 Å². The number of aromatic amines is 1. The van der Waals surface area contributed by atoms with Gasteiger partial charge in [-0.2, -0.15) is 0 Å². The van der Waals surface area contributed by atoms with Gasteiger partial charge >= 0.3 is 0 Å². The molecular weight excluding hydrogens is 285 g/mol. The van der Waals surface area contributed by atoms with Crippen LogP contribution >= 0.6 is 23.2 Å². The maximum atomic E-state index is 11.6. The van der Waals surface area contributed by atoms with E-state index >= 15 is 0 Å². The number of aromatic nitrogens is 2. The minimum Gasteiger partial charge on any atom is -0.330 e. The van der Waals surface area contributed by atoms with Crippen LogP contribution in [0.15, 0.2) is 29.1 Å². The molecule has 6 heteroatoms. The van der Waals surface area contributed by atoms with Gasteiger partial charge in [-0.05, 0) is 37.6 Å². The standard InChI is InChI=1S/C13H13Cl2N3O/c14-8-3-4-10(11(15)6-8)13-17-9(2-1-5-16)7-12(19)18-13/h3-4,6-7H,1-2,5,16H2,(H,17,18,19). The monoisotopic (exact) mass is 297 g/mol. The van der Waals surface area contributed by atoms with Crippen molar-refractivity contribution in [2.24, 2.45) is 5.73 Å². The predicted octanol–water partition coefficient (Wildman–Crippen LogP) is 2.64. The second-order valence-electron chi connectivity index (χ2n) is 4.10. The first kappa shape index (κ1) is 14.1. The molecule has 100 valence electrons. The molecule has 1 heterocycles. The second kappa shape index (κ2) is 6.19. The molecule has 1 aromatic heterocycles. The van der Waals surface area contributed by atoms with Crippen molar-refractivity contribution in [3.05, 3.63) is 50.4 Å². The third-order valence-corrected chi connectivity index (χ3v) is 3.17. The summed E-state index contributed by atoms with van der Waals surface area (Å²) in [6.07, 6.45) is 1.45. The molecular formula is C13H13Cl2N3O. The van der Waals surface area contributed by atoms with Crippen LogP contribution in [0.3, 0.4) is 0 Å². The number of hydrogen-bond donors (Lipinski definition) is 2. The highest BCUT2D eigenvalue weighted by Crippen LogP contribution is 2.27. The summed E-state index contributed by atoms with van der Waals surface area (Å²) in [6.45, 7) is 0.561. The molecule has 3 N–H and O–H groups in total. The van der Waals surface area contributed by atoms with E-state index in [0.717, 1.165) is 6.42 Å². The Labute approximate surface area is 120 Å². The van der Waals surface area contributed by atoms with Gasteiger partial charge in [-0.25, -0.2) is 4.98 Å². The van der Waals surface area contributed by atoms with Crippen molar-refractivity contribution in [3.8, 4) is 11.4 Å². The summed E-state index contributed by atoms with van der Waals surface area (Å²) in [4.78, 5) is 18.7. The van der Waals surface area contributed by atoms with Crippen molar-refractivity contribution >= 4 is 23.2 Å². The number of aryl methyl sites for hydroxylation is 1. The Morgan fingerprint density at radius 3 is 2.74 bits per heavy atom. The molecule has 0 amide bonds. The first-order valence-electron chi connectivity index (χ1n) is 5.86. The molecule has 0 aliphatic carbocycles. The topological polar surface area (TPSA) is 71.8 Å². The maximum Gasteiger partial charge on any atom is 0.251 e. The van der Waals surface area contributed by atoms with Crippen LogP contribution in [0.4, 0.5) is 0 Å². The minimum absolute atomic E-state index is 0.206. The van der Waals surface area contributed by atoms with Gasteiger partial charge < -0.3 is 10.7 Å². The van der Waals surface area contributed by atoms with Crippen molar-refractivity contribution < 1.29 is 0 Å². The molecule has 0 saturated heterocycles. The Morgan fingerprint density at radius 2 is 2.05 bits per heavy atom. The largest absolute Gasteiger partial charge is 0.330 e. The highest BCUT2D eigenvalue weighted by molar-refractivity contribution is 6.36. The first-order valence-corrected chi connectivity index (χ1v) is 6.61. The lowest BCUT2D eigenvalue weighted by molar-refractivity contribution is 0.804. The molecule has 0 saturated carbocycles. The maximum absolute atomic E-state index is 11.6. The average molecular weight is 298 g/mol. The highest BCUT2D eigenvalue weighted by atomic mass is 35.5. The number of hydrogen-bond acceptors (Lipinski definition) is 3. The minimum atomic E-state index is -0.206. The number of rotatable bonds is 4. The zero-order chi connectivity index (χ0) is 13.8. The van der Waals surface area contributed by atoms with Crippen LogP contribution in [0.2, 0.25) is 10.0 Å². The molecule has 4 nitrogen and oxygen atoms in total. The SMILES string of the molecule is NCCCc1cc(=O)[nH]c(-c2ccc(Cl)cc2Cl)n1. The lowest BCUT2D eigenvalue weighted by Crippen LogP contribution is -2.11. The molecule has 2 rings (SSSR count). The number of halogens is 2. The zero-order valence-corrected chi connectivity index (χ0v) is 11.6. The van der Waals surface area contributed by atoms with E-state index in [9.17, 15) is 4.79 Å². The fourth-order valence-corrected chi connectivity index (χ4v) is 2.23. The lowest BCUT2D eigenvalue weighted by atomic mass is 10.2. The predicted molar refractivity (Wildman–Crippen MR) is 77.7 cm³/mol. The molecule has 1 aromatic carbocycles. The lowest BCUT2D eigenvalue weighted by Gasteiger charge is -2.06. The smallest absolute Gasteiger partial charge is 0.251 e. The van der Waals surface area contributed by atoms with Crippen molar-refractivity contribution in [2.45, 2.75) is 12.8 Å². The molecule has 0 aliphatic rings. The van der Waals surface area contributed by atoms with E-state index < -0.39 is 0 Å². The van der Waals surface area contributed by atoms with Gasteiger partial charge in [-0.1, -0.05) is 23.2 Å². The molecule has 0 radical (unpaired) electrons. The van der Waals surface area contributed by atoms with Crippen LogP contribution in [0, 0.1) is 0 Å². The van der Waals surface area contributed by atoms with Gasteiger partial charge in [0.2, 0.25) is 0 Å². The fourth-order valence-electron chi connectivity index (χ4n) is 1.73. The van der Waals surface area contributed by atoms with E-state index in [1.165, 1.54) is 6.07 Å². The number of nitrogens with one attached hydrogen (secondary N) is 1. The summed E-state index contributed by atoms with van der Waals surface area (Å²) in [5.41, 5.74) is 6.60. The van der Waals surface area contributed by atoms with Crippen LogP contribution in [-0.4, -0.2) is 16.5 Å². The summed E-state index contributed by atoms with van der Waals surface area (Å²) in [6, 6.07) is 6.53. The van der Waals surface area contributed by atoms with Crippen LogP contribution in [0.25, 0.3) is 11.4 Å². The van der Waals surface area contributed by atoms with E-state index in [0.29, 0.717) is 40.1 Å². The number of nitrogens with two attached hydrogens (primary N) is 1. The molecule has 0 atom stereocenters. The van der Waals surface area contributed by atoms with Gasteiger partial charge in [0, 0.05) is 22.3 Å². The van der Waals surface area contributed by atoms with Gasteiger partial charge in [-0.3, -0.25) is 4.79 Å². The van der Waals surface area contributed by atoms with Crippen LogP contribution < -0.4 is 11.3 Å². The fraction of sp³-hybridized carbons (Fsp3) is 0.231. The number of nitrogens with zero attached hydrogens (tertiary/aromatic N) is 1. The summed E-state index contributed by atoms with van der Waals surface area (Å²) in [5, 5.41) is 0.988. The van der Waals surface area contributed by atoms with E-state index in [2.05, 4.69) is 9.97 Å². The van der Waals surface area contributed by atoms with Crippen LogP contribution in [0.1, 0.15) is 12.1 Å².